The number of hydrogen-bond donors (Lipinski definition) is 1. The van der Waals surface area contributed by atoms with Crippen molar-refractivity contribution in [2.75, 3.05) is 18.4 Å². The smallest absolute Gasteiger partial charge is 0.0342 e. The number of rotatable bonds is 16. The molecule has 0 spiro atoms. The third-order valence-electron chi connectivity index (χ3n) is 6.39. The molecule has 1 aromatic rings. The average molecular weight is 393 g/mol. The van der Waals surface area contributed by atoms with Crippen molar-refractivity contribution in [2.45, 2.75) is 103 Å². The van der Waals surface area contributed by atoms with Gasteiger partial charge in [0.25, 0.3) is 0 Å². The number of halogens is 1. The Kier molecular flexibility index (Phi) is 13.2. The van der Waals surface area contributed by atoms with Crippen molar-refractivity contribution in [1.82, 2.24) is 4.90 Å². The molecule has 1 aromatic carbocycles. The molecule has 1 aliphatic rings. The third kappa shape index (κ3) is 9.41. The lowest BCUT2D eigenvalue weighted by molar-refractivity contribution is 0.187. The Morgan fingerprint density at radius 1 is 0.893 bits per heavy atom. The van der Waals surface area contributed by atoms with E-state index in [1.807, 2.05) is 0 Å². The van der Waals surface area contributed by atoms with E-state index in [0.717, 1.165) is 12.0 Å². The standard InChI is InChI=1S/C25H44N2.FH/c1-4-7-8-9-10-11-15-18-24(27(5-2)6-3)20-19-22-21-25(22)26-23-16-13-12-14-17-23;/h12-14,16-17,22,24-26H,4-11,15,18-21H2,1-3H3;1H. The second-order valence-electron chi connectivity index (χ2n) is 8.48. The Bertz CT molecular complexity index is 475. The molecule has 0 amide bonds. The summed E-state index contributed by atoms with van der Waals surface area (Å²) in [6.07, 6.45) is 15.5. The molecule has 0 aliphatic heterocycles. The fourth-order valence-electron chi connectivity index (χ4n) is 4.48. The topological polar surface area (TPSA) is 15.3 Å². The number of anilines is 1. The van der Waals surface area contributed by atoms with Crippen LogP contribution in [0.3, 0.4) is 0 Å². The molecule has 1 aliphatic carbocycles. The van der Waals surface area contributed by atoms with Crippen LogP contribution in [-0.2, 0) is 0 Å². The van der Waals surface area contributed by atoms with Crippen LogP contribution in [0.2, 0.25) is 0 Å². The van der Waals surface area contributed by atoms with Crippen molar-refractivity contribution in [3.63, 3.8) is 0 Å². The molecule has 2 nitrogen and oxygen atoms in total. The number of hydrogen-bond acceptors (Lipinski definition) is 2. The van der Waals surface area contributed by atoms with Crippen LogP contribution in [0.1, 0.15) is 91.4 Å². The highest BCUT2D eigenvalue weighted by molar-refractivity contribution is 5.44. The summed E-state index contributed by atoms with van der Waals surface area (Å²) < 4.78 is 0. The lowest BCUT2D eigenvalue weighted by atomic mass is 9.99. The molecule has 0 saturated heterocycles. The number of para-hydroxylation sites is 1. The van der Waals surface area contributed by atoms with Crippen LogP contribution in [0.15, 0.2) is 30.3 Å². The van der Waals surface area contributed by atoms with Crippen LogP contribution < -0.4 is 5.32 Å². The number of nitrogens with one attached hydrogen (secondary N) is 1. The Morgan fingerprint density at radius 2 is 1.54 bits per heavy atom. The lowest BCUT2D eigenvalue weighted by Gasteiger charge is -2.30. The highest BCUT2D eigenvalue weighted by Crippen LogP contribution is 2.38. The summed E-state index contributed by atoms with van der Waals surface area (Å²) in [6.45, 7) is 9.37. The lowest BCUT2D eigenvalue weighted by Crippen LogP contribution is -2.35. The maximum Gasteiger partial charge on any atom is 0.0342 e. The van der Waals surface area contributed by atoms with E-state index in [2.05, 4.69) is 61.3 Å². The van der Waals surface area contributed by atoms with Crippen LogP contribution in [0, 0.1) is 5.92 Å². The minimum absolute atomic E-state index is 0. The highest BCUT2D eigenvalue weighted by atomic mass is 19.0. The molecule has 2 rings (SSSR count). The maximum absolute atomic E-state index is 3.71. The normalized spacial score (nSPS) is 19.3. The second-order valence-corrected chi connectivity index (χ2v) is 8.48. The van der Waals surface area contributed by atoms with Crippen LogP contribution in [0.4, 0.5) is 10.4 Å². The molecule has 3 unspecified atom stereocenters. The van der Waals surface area contributed by atoms with Gasteiger partial charge in [0.05, 0.1) is 0 Å². The van der Waals surface area contributed by atoms with Crippen molar-refractivity contribution < 1.29 is 4.70 Å². The van der Waals surface area contributed by atoms with Crippen LogP contribution in [0.5, 0.6) is 0 Å². The monoisotopic (exact) mass is 392 g/mol. The molecule has 0 radical (unpaired) electrons. The van der Waals surface area contributed by atoms with E-state index in [0.29, 0.717) is 6.04 Å². The van der Waals surface area contributed by atoms with E-state index in [1.165, 1.54) is 89.4 Å². The number of unbranched alkanes of at least 4 members (excludes halogenated alkanes) is 6. The van der Waals surface area contributed by atoms with Crippen LogP contribution in [-0.4, -0.2) is 30.1 Å². The Balaban J connectivity index is 0.00000392. The molecule has 3 atom stereocenters. The molecule has 0 aromatic heterocycles. The first-order chi connectivity index (χ1) is 13.3. The molecular formula is C25H45FN2. The third-order valence-corrected chi connectivity index (χ3v) is 6.39. The van der Waals surface area contributed by atoms with Crippen LogP contribution >= 0.6 is 0 Å². The Labute approximate surface area is 173 Å². The SMILES string of the molecule is CCCCCCCCCC(CCC1CC1Nc1ccccc1)N(CC)CC.F. The zero-order valence-electron chi connectivity index (χ0n) is 18.7. The van der Waals surface area contributed by atoms with Crippen molar-refractivity contribution in [2.24, 2.45) is 5.92 Å². The Morgan fingerprint density at radius 3 is 2.18 bits per heavy atom. The van der Waals surface area contributed by atoms with Gasteiger partial charge in [-0.25, -0.2) is 0 Å². The molecule has 1 N–H and O–H groups in total. The maximum atomic E-state index is 3.71. The molecule has 1 fully saturated rings. The number of benzene rings is 1. The molecular weight excluding hydrogens is 347 g/mol. The predicted octanol–water partition coefficient (Wildman–Crippen LogP) is 7.27. The van der Waals surface area contributed by atoms with Crippen molar-refractivity contribution in [3.05, 3.63) is 30.3 Å². The van der Waals surface area contributed by atoms with Gasteiger partial charge in [0.2, 0.25) is 0 Å². The first-order valence-electron chi connectivity index (χ1n) is 11.8. The minimum Gasteiger partial charge on any atom is -0.382 e. The molecule has 28 heavy (non-hydrogen) atoms. The van der Waals surface area contributed by atoms with Gasteiger partial charge in [-0.1, -0.05) is 83.9 Å². The van der Waals surface area contributed by atoms with Gasteiger partial charge >= 0.3 is 0 Å². The van der Waals surface area contributed by atoms with E-state index in [4.69, 9.17) is 0 Å². The summed E-state index contributed by atoms with van der Waals surface area (Å²) in [7, 11) is 0. The van der Waals surface area contributed by atoms with E-state index in [1.54, 1.807) is 0 Å². The summed E-state index contributed by atoms with van der Waals surface area (Å²) >= 11 is 0. The van der Waals surface area contributed by atoms with Gasteiger partial charge in [0, 0.05) is 17.8 Å². The van der Waals surface area contributed by atoms with Gasteiger partial charge in [-0.2, -0.15) is 0 Å². The molecule has 0 heterocycles. The van der Waals surface area contributed by atoms with E-state index < -0.39 is 0 Å². The minimum atomic E-state index is 0. The van der Waals surface area contributed by atoms with Crippen molar-refractivity contribution in [1.29, 1.82) is 0 Å². The van der Waals surface area contributed by atoms with Gasteiger partial charge in [-0.3, -0.25) is 4.70 Å². The summed E-state index contributed by atoms with van der Waals surface area (Å²) in [4.78, 5) is 2.71. The summed E-state index contributed by atoms with van der Waals surface area (Å²) in [5.74, 6) is 0.886. The quantitative estimate of drug-likeness (QED) is 0.298. The van der Waals surface area contributed by atoms with Gasteiger partial charge in [0.1, 0.15) is 0 Å². The summed E-state index contributed by atoms with van der Waals surface area (Å²) in [6, 6.07) is 12.2. The van der Waals surface area contributed by atoms with Gasteiger partial charge in [0.15, 0.2) is 0 Å². The van der Waals surface area contributed by atoms with E-state index >= 15 is 0 Å². The number of nitrogens with zero attached hydrogens (tertiary/aromatic N) is 1. The Hall–Kier alpha value is -1.09. The second kappa shape index (κ2) is 14.8. The van der Waals surface area contributed by atoms with E-state index in [9.17, 15) is 0 Å². The highest BCUT2D eigenvalue weighted by Gasteiger charge is 2.37. The zero-order valence-corrected chi connectivity index (χ0v) is 18.7. The average Bonchev–Trinajstić information content (AvgIpc) is 3.44. The first kappa shape index (κ1) is 24.9. The van der Waals surface area contributed by atoms with Crippen molar-refractivity contribution >= 4 is 5.69 Å². The van der Waals surface area contributed by atoms with Crippen molar-refractivity contribution in [3.8, 4) is 0 Å². The molecule has 0 bridgehead atoms. The fourth-order valence-corrected chi connectivity index (χ4v) is 4.48. The fraction of sp³-hybridized carbons (Fsp3) is 0.760. The molecule has 1 saturated carbocycles. The van der Waals surface area contributed by atoms with E-state index in [-0.39, 0.29) is 4.70 Å². The van der Waals surface area contributed by atoms with Gasteiger partial charge in [-0.05, 0) is 56.8 Å². The van der Waals surface area contributed by atoms with Gasteiger partial charge in [-0.15, -0.1) is 0 Å². The largest absolute Gasteiger partial charge is 0.382 e. The van der Waals surface area contributed by atoms with Crippen LogP contribution in [0.25, 0.3) is 0 Å². The van der Waals surface area contributed by atoms with Gasteiger partial charge < -0.3 is 10.2 Å². The predicted molar refractivity (Wildman–Crippen MR) is 123 cm³/mol. The first-order valence-corrected chi connectivity index (χ1v) is 11.8. The summed E-state index contributed by atoms with van der Waals surface area (Å²) in [5, 5.41) is 3.71. The molecule has 3 heteroatoms. The zero-order chi connectivity index (χ0) is 19.3. The molecule has 162 valence electrons. The summed E-state index contributed by atoms with van der Waals surface area (Å²) in [5.41, 5.74) is 1.29.